The number of rotatable bonds is 6. The Morgan fingerprint density at radius 3 is 2.95 bits per heavy atom. The second kappa shape index (κ2) is 6.62. The molecule has 1 atom stereocenters. The molecule has 1 N–H and O–H groups in total. The van der Waals surface area contributed by atoms with Gasteiger partial charge in [-0.3, -0.25) is 9.48 Å². The van der Waals surface area contributed by atoms with E-state index in [9.17, 15) is 4.79 Å². The minimum atomic E-state index is -0.174. The van der Waals surface area contributed by atoms with Gasteiger partial charge in [-0.1, -0.05) is 18.2 Å². The Hall–Kier alpha value is -2.34. The lowest BCUT2D eigenvalue weighted by atomic mass is 10.2. The molecule has 0 spiro atoms. The highest BCUT2D eigenvalue weighted by atomic mass is 16.5. The molecule has 116 valence electrons. The van der Waals surface area contributed by atoms with E-state index in [0.717, 1.165) is 17.9 Å². The zero-order valence-electron chi connectivity index (χ0n) is 12.5. The van der Waals surface area contributed by atoms with Crippen molar-refractivity contribution in [3.8, 4) is 5.75 Å². The molecule has 1 amide bonds. The van der Waals surface area contributed by atoms with Gasteiger partial charge in [0.05, 0.1) is 19.2 Å². The Balaban J connectivity index is 1.45. The summed E-state index contributed by atoms with van der Waals surface area (Å²) in [6.45, 7) is 1.57. The number of para-hydroxylation sites is 1. The fourth-order valence-corrected chi connectivity index (χ4v) is 2.48. The Morgan fingerprint density at radius 2 is 2.23 bits per heavy atom. The van der Waals surface area contributed by atoms with Crippen molar-refractivity contribution in [2.45, 2.75) is 19.1 Å². The van der Waals surface area contributed by atoms with Gasteiger partial charge in [0.2, 0.25) is 0 Å². The van der Waals surface area contributed by atoms with E-state index in [1.807, 2.05) is 41.1 Å². The maximum atomic E-state index is 12.0. The molecule has 22 heavy (non-hydrogen) atoms. The van der Waals surface area contributed by atoms with Crippen molar-refractivity contribution in [3.05, 3.63) is 47.8 Å². The number of carbonyl (C=O) groups is 1. The van der Waals surface area contributed by atoms with Gasteiger partial charge in [0.1, 0.15) is 18.1 Å². The molecule has 0 bridgehead atoms. The number of aromatic nitrogens is 2. The molecule has 3 rings (SSSR count). The number of hydrogen-bond acceptors (Lipinski definition) is 4. The number of ether oxygens (including phenoxy) is 2. The van der Waals surface area contributed by atoms with Crippen LogP contribution in [0.1, 0.15) is 16.2 Å². The maximum Gasteiger partial charge on any atom is 0.271 e. The van der Waals surface area contributed by atoms with Gasteiger partial charge in [-0.25, -0.2) is 0 Å². The summed E-state index contributed by atoms with van der Waals surface area (Å²) >= 11 is 0. The lowest BCUT2D eigenvalue weighted by molar-refractivity contribution is 0.0930. The number of fused-ring (bicyclic) bond motifs is 1. The molecule has 0 fully saturated rings. The molecule has 6 nitrogen and oxygen atoms in total. The topological polar surface area (TPSA) is 65.4 Å². The van der Waals surface area contributed by atoms with E-state index in [1.54, 1.807) is 7.11 Å². The van der Waals surface area contributed by atoms with Crippen LogP contribution in [-0.2, 0) is 17.7 Å². The Bertz CT molecular complexity index is 616. The highest BCUT2D eigenvalue weighted by Crippen LogP contribution is 2.17. The molecule has 0 unspecified atom stereocenters. The lowest BCUT2D eigenvalue weighted by Gasteiger charge is -2.07. The molecule has 6 heteroatoms. The summed E-state index contributed by atoms with van der Waals surface area (Å²) in [7, 11) is 1.69. The van der Waals surface area contributed by atoms with Crippen LogP contribution in [0.15, 0.2) is 36.4 Å². The van der Waals surface area contributed by atoms with Crippen LogP contribution in [0, 0.1) is 0 Å². The molecule has 0 radical (unpaired) electrons. The molecule has 1 aliphatic rings. The number of benzene rings is 1. The lowest BCUT2D eigenvalue weighted by Crippen LogP contribution is -2.28. The number of hydrogen-bond donors (Lipinski definition) is 1. The molecule has 1 aromatic heterocycles. The van der Waals surface area contributed by atoms with E-state index in [-0.39, 0.29) is 12.0 Å². The summed E-state index contributed by atoms with van der Waals surface area (Å²) in [5.74, 6) is 0.621. The van der Waals surface area contributed by atoms with Gasteiger partial charge in [0.15, 0.2) is 0 Å². The van der Waals surface area contributed by atoms with Gasteiger partial charge >= 0.3 is 0 Å². The Kier molecular flexibility index (Phi) is 4.39. The first-order valence-electron chi connectivity index (χ1n) is 7.32. The maximum absolute atomic E-state index is 12.0. The van der Waals surface area contributed by atoms with Gasteiger partial charge in [0.25, 0.3) is 5.91 Å². The zero-order valence-corrected chi connectivity index (χ0v) is 12.5. The van der Waals surface area contributed by atoms with E-state index < -0.39 is 0 Å². The SMILES string of the molecule is CO[C@H]1Cc2cc(C(=O)NCCOc3ccccc3)nn2C1. The van der Waals surface area contributed by atoms with Crippen LogP contribution in [0.25, 0.3) is 0 Å². The molecule has 0 saturated heterocycles. The third-order valence-electron chi connectivity index (χ3n) is 3.64. The Labute approximate surface area is 129 Å². The number of methoxy groups -OCH3 is 1. The molecule has 0 aliphatic carbocycles. The van der Waals surface area contributed by atoms with Crippen LogP contribution in [-0.4, -0.2) is 42.1 Å². The van der Waals surface area contributed by atoms with Crippen molar-refractivity contribution in [2.24, 2.45) is 0 Å². The number of nitrogens with one attached hydrogen (secondary N) is 1. The summed E-state index contributed by atoms with van der Waals surface area (Å²) in [6.07, 6.45) is 0.965. The van der Waals surface area contributed by atoms with Crippen LogP contribution in [0.5, 0.6) is 5.75 Å². The van der Waals surface area contributed by atoms with Crippen LogP contribution in [0.2, 0.25) is 0 Å². The number of amides is 1. The minimum absolute atomic E-state index is 0.166. The average Bonchev–Trinajstić information content (AvgIpc) is 3.10. The van der Waals surface area contributed by atoms with E-state index >= 15 is 0 Å². The molecule has 2 aromatic rings. The van der Waals surface area contributed by atoms with Crippen molar-refractivity contribution in [3.63, 3.8) is 0 Å². The zero-order chi connectivity index (χ0) is 15.4. The van der Waals surface area contributed by atoms with Gasteiger partial charge in [0, 0.05) is 19.2 Å². The molecule has 1 aliphatic heterocycles. The molecular formula is C16H19N3O3. The smallest absolute Gasteiger partial charge is 0.271 e. The summed E-state index contributed by atoms with van der Waals surface area (Å²) < 4.78 is 12.7. The molecule has 1 aromatic carbocycles. The van der Waals surface area contributed by atoms with Crippen molar-refractivity contribution in [1.29, 1.82) is 0 Å². The van der Waals surface area contributed by atoms with Crippen LogP contribution in [0.3, 0.4) is 0 Å². The second-order valence-electron chi connectivity index (χ2n) is 5.18. The summed E-state index contributed by atoms with van der Waals surface area (Å²) in [6, 6.07) is 11.3. The third kappa shape index (κ3) is 3.28. The normalized spacial score (nSPS) is 16.3. The monoisotopic (exact) mass is 301 g/mol. The average molecular weight is 301 g/mol. The van der Waals surface area contributed by atoms with E-state index in [1.165, 1.54) is 0 Å². The molecule has 0 saturated carbocycles. The minimum Gasteiger partial charge on any atom is -0.492 e. The first-order valence-corrected chi connectivity index (χ1v) is 7.32. The van der Waals surface area contributed by atoms with E-state index in [4.69, 9.17) is 9.47 Å². The predicted octanol–water partition coefficient (Wildman–Crippen LogP) is 1.26. The predicted molar refractivity (Wildman–Crippen MR) is 81.0 cm³/mol. The summed E-state index contributed by atoms with van der Waals surface area (Å²) in [5.41, 5.74) is 1.49. The number of nitrogens with zero attached hydrogens (tertiary/aromatic N) is 2. The Morgan fingerprint density at radius 1 is 1.41 bits per heavy atom. The standard InChI is InChI=1S/C16H19N3O3/c1-21-14-9-12-10-15(18-19(12)11-14)16(20)17-7-8-22-13-5-3-2-4-6-13/h2-6,10,14H,7-9,11H2,1H3,(H,17,20)/t14-/m0/s1. The third-order valence-corrected chi connectivity index (χ3v) is 3.64. The highest BCUT2D eigenvalue weighted by Gasteiger charge is 2.24. The van der Waals surface area contributed by atoms with Crippen molar-refractivity contribution < 1.29 is 14.3 Å². The van der Waals surface area contributed by atoms with Crippen LogP contribution < -0.4 is 10.1 Å². The number of carbonyl (C=O) groups excluding carboxylic acids is 1. The van der Waals surface area contributed by atoms with E-state index in [2.05, 4.69) is 10.4 Å². The van der Waals surface area contributed by atoms with Crippen molar-refractivity contribution in [2.75, 3.05) is 20.3 Å². The largest absolute Gasteiger partial charge is 0.492 e. The first kappa shape index (κ1) is 14.6. The molecular weight excluding hydrogens is 282 g/mol. The molecule has 2 heterocycles. The van der Waals surface area contributed by atoms with Gasteiger partial charge in [-0.05, 0) is 18.2 Å². The fourth-order valence-electron chi connectivity index (χ4n) is 2.48. The first-order chi connectivity index (χ1) is 10.8. The quantitative estimate of drug-likeness (QED) is 0.816. The van der Waals surface area contributed by atoms with Gasteiger partial charge in [-0.2, -0.15) is 5.10 Å². The van der Waals surface area contributed by atoms with Crippen LogP contribution in [0.4, 0.5) is 0 Å². The second-order valence-corrected chi connectivity index (χ2v) is 5.18. The van der Waals surface area contributed by atoms with Crippen molar-refractivity contribution >= 4 is 5.91 Å². The summed E-state index contributed by atoms with van der Waals surface area (Å²) in [5, 5.41) is 7.12. The highest BCUT2D eigenvalue weighted by molar-refractivity contribution is 5.92. The van der Waals surface area contributed by atoms with Crippen LogP contribution >= 0.6 is 0 Å². The van der Waals surface area contributed by atoms with Gasteiger partial charge < -0.3 is 14.8 Å². The fraction of sp³-hybridized carbons (Fsp3) is 0.375. The summed E-state index contributed by atoms with van der Waals surface area (Å²) in [4.78, 5) is 12.0. The van der Waals surface area contributed by atoms with Gasteiger partial charge in [-0.15, -0.1) is 0 Å². The van der Waals surface area contributed by atoms with Crippen molar-refractivity contribution in [1.82, 2.24) is 15.1 Å². The van der Waals surface area contributed by atoms with E-state index in [0.29, 0.717) is 25.4 Å².